The number of hydrogen-bond donors (Lipinski definition) is 0. The highest BCUT2D eigenvalue weighted by atomic mass is 35.5. The van der Waals surface area contributed by atoms with Crippen LogP contribution in [0.15, 0.2) is 36.5 Å². The third-order valence-corrected chi connectivity index (χ3v) is 5.54. The zero-order valence-corrected chi connectivity index (χ0v) is 15.0. The van der Waals surface area contributed by atoms with Crippen LogP contribution < -0.4 is 0 Å². The second-order valence-corrected chi connectivity index (χ2v) is 7.35. The summed E-state index contributed by atoms with van der Waals surface area (Å²) < 4.78 is 14.7. The van der Waals surface area contributed by atoms with Crippen LogP contribution in [0.4, 0.5) is 4.39 Å². The molecule has 128 valence electrons. The highest BCUT2D eigenvalue weighted by molar-refractivity contribution is 6.29. The molecule has 0 amide bonds. The lowest BCUT2D eigenvalue weighted by molar-refractivity contribution is 0.301. The van der Waals surface area contributed by atoms with Gasteiger partial charge in [0.2, 0.25) is 0 Å². The number of unbranched alkanes of at least 4 members (excludes halogenated alkanes) is 1. The predicted molar refractivity (Wildman–Crippen MR) is 98.9 cm³/mol. The van der Waals surface area contributed by atoms with Gasteiger partial charge in [-0.1, -0.05) is 49.9 Å². The summed E-state index contributed by atoms with van der Waals surface area (Å²) in [7, 11) is 0. The summed E-state index contributed by atoms with van der Waals surface area (Å²) in [5.41, 5.74) is 2.64. The van der Waals surface area contributed by atoms with E-state index in [0.29, 0.717) is 11.1 Å². The molecule has 1 nitrogen and oxygen atoms in total. The quantitative estimate of drug-likeness (QED) is 0.531. The maximum Gasteiger partial charge on any atom is 0.129 e. The van der Waals surface area contributed by atoms with Gasteiger partial charge in [0.1, 0.15) is 11.0 Å². The van der Waals surface area contributed by atoms with Crippen LogP contribution in [-0.2, 0) is 0 Å². The van der Waals surface area contributed by atoms with Crippen molar-refractivity contribution in [2.24, 2.45) is 5.92 Å². The molecule has 1 heterocycles. The maximum absolute atomic E-state index is 14.7. The molecular weight excluding hydrogens is 321 g/mol. The molecule has 0 saturated heterocycles. The lowest BCUT2D eigenvalue weighted by Crippen LogP contribution is -2.14. The molecule has 0 radical (unpaired) electrons. The van der Waals surface area contributed by atoms with Gasteiger partial charge in [-0.2, -0.15) is 0 Å². The number of rotatable bonds is 5. The third-order valence-electron chi connectivity index (χ3n) is 5.31. The van der Waals surface area contributed by atoms with Crippen molar-refractivity contribution >= 4 is 11.6 Å². The van der Waals surface area contributed by atoms with E-state index in [9.17, 15) is 4.39 Å². The van der Waals surface area contributed by atoms with Crippen LogP contribution >= 0.6 is 11.6 Å². The van der Waals surface area contributed by atoms with E-state index in [1.54, 1.807) is 18.3 Å². The first-order chi connectivity index (χ1) is 11.7. The fourth-order valence-electron chi connectivity index (χ4n) is 3.84. The van der Waals surface area contributed by atoms with E-state index in [0.717, 1.165) is 35.4 Å². The Balaban J connectivity index is 1.68. The molecule has 1 aliphatic rings. The van der Waals surface area contributed by atoms with E-state index in [4.69, 9.17) is 11.6 Å². The first-order valence-corrected chi connectivity index (χ1v) is 9.46. The molecule has 1 saturated carbocycles. The van der Waals surface area contributed by atoms with Gasteiger partial charge in [-0.05, 0) is 66.8 Å². The van der Waals surface area contributed by atoms with E-state index < -0.39 is 0 Å². The van der Waals surface area contributed by atoms with E-state index in [2.05, 4.69) is 11.9 Å². The Morgan fingerprint density at radius 2 is 1.83 bits per heavy atom. The number of hydrogen-bond acceptors (Lipinski definition) is 1. The standard InChI is InChI=1S/C21H25ClFN/c1-2-3-4-15-5-7-16(8-6-15)19-11-9-17(13-20(19)23)18-10-12-21(22)24-14-18/h9-16H,2-8H2,1H3. The molecule has 2 aromatic rings. The van der Waals surface area contributed by atoms with E-state index in [-0.39, 0.29) is 5.82 Å². The summed E-state index contributed by atoms with van der Waals surface area (Å²) in [4.78, 5) is 4.07. The van der Waals surface area contributed by atoms with Gasteiger partial charge < -0.3 is 0 Å². The summed E-state index contributed by atoms with van der Waals surface area (Å²) in [5, 5.41) is 0.454. The Morgan fingerprint density at radius 3 is 2.46 bits per heavy atom. The largest absolute Gasteiger partial charge is 0.244 e. The van der Waals surface area contributed by atoms with Crippen LogP contribution in [-0.4, -0.2) is 4.98 Å². The Kier molecular flexibility index (Phi) is 5.89. The molecule has 1 aromatic heterocycles. The Morgan fingerprint density at radius 1 is 1.08 bits per heavy atom. The Labute approximate surface area is 149 Å². The molecular formula is C21H25ClFN. The van der Waals surface area contributed by atoms with Gasteiger partial charge in [-0.3, -0.25) is 0 Å². The molecule has 1 aliphatic carbocycles. The summed E-state index contributed by atoms with van der Waals surface area (Å²) in [6, 6.07) is 9.23. The van der Waals surface area contributed by atoms with Crippen LogP contribution in [0.25, 0.3) is 11.1 Å². The topological polar surface area (TPSA) is 12.9 Å². The normalized spacial score (nSPS) is 21.0. The van der Waals surface area contributed by atoms with Crippen molar-refractivity contribution in [1.29, 1.82) is 0 Å². The minimum atomic E-state index is -0.0838. The van der Waals surface area contributed by atoms with Crippen molar-refractivity contribution in [2.45, 2.75) is 57.8 Å². The number of nitrogens with zero attached hydrogens (tertiary/aromatic N) is 1. The van der Waals surface area contributed by atoms with Crippen molar-refractivity contribution in [1.82, 2.24) is 4.98 Å². The minimum absolute atomic E-state index is 0.0838. The van der Waals surface area contributed by atoms with E-state index in [1.165, 1.54) is 32.1 Å². The highest BCUT2D eigenvalue weighted by Crippen LogP contribution is 2.39. The van der Waals surface area contributed by atoms with Crippen LogP contribution in [0.2, 0.25) is 5.15 Å². The first kappa shape index (κ1) is 17.4. The fourth-order valence-corrected chi connectivity index (χ4v) is 3.95. The van der Waals surface area contributed by atoms with Crippen molar-refractivity contribution in [3.8, 4) is 11.1 Å². The van der Waals surface area contributed by atoms with Gasteiger partial charge in [0.15, 0.2) is 0 Å². The summed E-state index contributed by atoms with van der Waals surface area (Å²) in [6.07, 6.45) is 10.4. The van der Waals surface area contributed by atoms with Crippen molar-refractivity contribution in [2.75, 3.05) is 0 Å². The Hall–Kier alpha value is -1.41. The van der Waals surface area contributed by atoms with Crippen LogP contribution in [0, 0.1) is 11.7 Å². The monoisotopic (exact) mass is 345 g/mol. The second-order valence-electron chi connectivity index (χ2n) is 6.97. The number of benzene rings is 1. The number of pyridine rings is 1. The van der Waals surface area contributed by atoms with Gasteiger partial charge in [-0.15, -0.1) is 0 Å². The first-order valence-electron chi connectivity index (χ1n) is 9.08. The highest BCUT2D eigenvalue weighted by Gasteiger charge is 2.24. The number of halogens is 2. The fraction of sp³-hybridized carbons (Fsp3) is 0.476. The molecule has 0 unspecified atom stereocenters. The summed E-state index contributed by atoms with van der Waals surface area (Å²) in [6.45, 7) is 2.25. The van der Waals surface area contributed by atoms with Crippen molar-refractivity contribution in [3.63, 3.8) is 0 Å². The SMILES string of the molecule is CCCCC1CCC(c2ccc(-c3ccc(Cl)nc3)cc2F)CC1. The van der Waals surface area contributed by atoms with E-state index >= 15 is 0 Å². The Bertz CT molecular complexity index is 660. The van der Waals surface area contributed by atoms with Gasteiger partial charge in [0, 0.05) is 11.8 Å². The molecule has 0 atom stereocenters. The smallest absolute Gasteiger partial charge is 0.129 e. The number of aromatic nitrogens is 1. The van der Waals surface area contributed by atoms with Crippen molar-refractivity contribution < 1.29 is 4.39 Å². The minimum Gasteiger partial charge on any atom is -0.244 e. The second kappa shape index (κ2) is 8.11. The van der Waals surface area contributed by atoms with Crippen LogP contribution in [0.3, 0.4) is 0 Å². The molecule has 24 heavy (non-hydrogen) atoms. The average Bonchev–Trinajstić information content (AvgIpc) is 2.61. The van der Waals surface area contributed by atoms with Crippen LogP contribution in [0.5, 0.6) is 0 Å². The maximum atomic E-state index is 14.7. The molecule has 1 aromatic carbocycles. The van der Waals surface area contributed by atoms with Gasteiger partial charge in [-0.25, -0.2) is 9.37 Å². The van der Waals surface area contributed by atoms with Crippen molar-refractivity contribution in [3.05, 3.63) is 53.1 Å². The zero-order chi connectivity index (χ0) is 16.9. The average molecular weight is 346 g/mol. The third kappa shape index (κ3) is 4.16. The molecule has 0 aliphatic heterocycles. The molecule has 0 bridgehead atoms. The molecule has 3 rings (SSSR count). The molecule has 0 spiro atoms. The summed E-state index contributed by atoms with van der Waals surface area (Å²) in [5.74, 6) is 1.14. The molecule has 0 N–H and O–H groups in total. The molecule has 1 fully saturated rings. The van der Waals surface area contributed by atoms with Crippen LogP contribution in [0.1, 0.15) is 63.4 Å². The predicted octanol–water partition coefficient (Wildman–Crippen LogP) is 7.01. The summed E-state index contributed by atoms with van der Waals surface area (Å²) >= 11 is 5.82. The lowest BCUT2D eigenvalue weighted by atomic mass is 9.77. The van der Waals surface area contributed by atoms with Gasteiger partial charge in [0.25, 0.3) is 0 Å². The molecule has 3 heteroatoms. The van der Waals surface area contributed by atoms with Gasteiger partial charge in [0.05, 0.1) is 0 Å². The lowest BCUT2D eigenvalue weighted by Gasteiger charge is -2.29. The van der Waals surface area contributed by atoms with E-state index in [1.807, 2.05) is 18.2 Å². The van der Waals surface area contributed by atoms with Gasteiger partial charge >= 0.3 is 0 Å². The zero-order valence-electron chi connectivity index (χ0n) is 14.3.